The van der Waals surface area contributed by atoms with Crippen molar-refractivity contribution in [3.8, 4) is 5.75 Å². The van der Waals surface area contributed by atoms with E-state index in [1.54, 1.807) is 6.07 Å². The molecule has 1 aromatic rings. The molecule has 0 aromatic heterocycles. The van der Waals surface area contributed by atoms with Gasteiger partial charge in [0, 0.05) is 34.6 Å². The van der Waals surface area contributed by atoms with Gasteiger partial charge in [-0.25, -0.2) is 13.1 Å². The Hall–Kier alpha value is -0.340. The van der Waals surface area contributed by atoms with E-state index in [2.05, 4.69) is 26.0 Å². The number of ether oxygens (including phenoxy) is 1. The highest BCUT2D eigenvalue weighted by Crippen LogP contribution is 2.36. The summed E-state index contributed by atoms with van der Waals surface area (Å²) in [4.78, 5) is 0.264. The molecule has 0 spiro atoms. The second-order valence-electron chi connectivity index (χ2n) is 6.42. The summed E-state index contributed by atoms with van der Waals surface area (Å²) in [5.74, 6) is 0.521. The second kappa shape index (κ2) is 6.52. The first kappa shape index (κ1) is 17.5. The van der Waals surface area contributed by atoms with E-state index in [0.29, 0.717) is 24.4 Å². The maximum absolute atomic E-state index is 12.8. The minimum Gasteiger partial charge on any atom is -0.492 e. The van der Waals surface area contributed by atoms with Crippen molar-refractivity contribution in [3.63, 3.8) is 0 Å². The quantitative estimate of drug-likeness (QED) is 0.783. The fourth-order valence-electron chi connectivity index (χ4n) is 3.87. The molecule has 2 fully saturated rings. The summed E-state index contributed by atoms with van der Waals surface area (Å²) in [6.07, 6.45) is 4.80. The Balaban J connectivity index is 0.00000156. The van der Waals surface area contributed by atoms with E-state index in [9.17, 15) is 8.42 Å². The first-order valence-electron chi connectivity index (χ1n) is 7.75. The first-order valence-corrected chi connectivity index (χ1v) is 10.0. The van der Waals surface area contributed by atoms with Crippen molar-refractivity contribution >= 4 is 38.4 Å². The largest absolute Gasteiger partial charge is 0.492 e. The van der Waals surface area contributed by atoms with Crippen LogP contribution < -0.4 is 14.8 Å². The number of hydrogen-bond donors (Lipinski definition) is 2. The Morgan fingerprint density at radius 3 is 2.61 bits per heavy atom. The van der Waals surface area contributed by atoms with E-state index in [-0.39, 0.29) is 23.3 Å². The predicted octanol–water partition coefficient (Wildman–Crippen LogP) is 2.37. The van der Waals surface area contributed by atoms with Gasteiger partial charge in [-0.05, 0) is 37.8 Å². The van der Waals surface area contributed by atoms with Crippen LogP contribution in [0.4, 0.5) is 0 Å². The number of benzene rings is 1. The molecule has 5 nitrogen and oxygen atoms in total. The van der Waals surface area contributed by atoms with Crippen LogP contribution in [0.1, 0.15) is 31.2 Å². The zero-order valence-electron chi connectivity index (χ0n) is 12.5. The van der Waals surface area contributed by atoms with Crippen LogP contribution in [0, 0.1) is 0 Å². The highest BCUT2D eigenvalue weighted by atomic mass is 79.9. The van der Waals surface area contributed by atoms with Crippen molar-refractivity contribution < 1.29 is 13.2 Å². The van der Waals surface area contributed by atoms with Crippen molar-refractivity contribution in [1.82, 2.24) is 10.0 Å². The van der Waals surface area contributed by atoms with Gasteiger partial charge in [0.2, 0.25) is 10.0 Å². The Kier molecular flexibility index (Phi) is 4.95. The Morgan fingerprint density at radius 2 is 1.91 bits per heavy atom. The number of piperidine rings is 1. The topological polar surface area (TPSA) is 67.4 Å². The molecule has 4 rings (SSSR count). The molecule has 3 aliphatic heterocycles. The summed E-state index contributed by atoms with van der Waals surface area (Å²) >= 11 is 3.40. The third-order valence-corrected chi connectivity index (χ3v) is 6.78. The zero-order valence-corrected chi connectivity index (χ0v) is 15.8. The van der Waals surface area contributed by atoms with Crippen LogP contribution in [0.3, 0.4) is 0 Å². The lowest BCUT2D eigenvalue weighted by molar-refractivity contribution is 0.340. The molecule has 0 aliphatic carbocycles. The normalized spacial score (nSPS) is 28.8. The van der Waals surface area contributed by atoms with Crippen LogP contribution in [0.15, 0.2) is 21.5 Å². The van der Waals surface area contributed by atoms with Crippen LogP contribution in [-0.2, 0) is 16.4 Å². The minimum absolute atomic E-state index is 0. The van der Waals surface area contributed by atoms with E-state index < -0.39 is 10.0 Å². The highest BCUT2D eigenvalue weighted by Gasteiger charge is 2.36. The Morgan fingerprint density at radius 1 is 1.22 bits per heavy atom. The van der Waals surface area contributed by atoms with Gasteiger partial charge >= 0.3 is 0 Å². The summed E-state index contributed by atoms with van der Waals surface area (Å²) in [7, 11) is -3.56. The number of rotatable bonds is 3. The van der Waals surface area contributed by atoms with Crippen LogP contribution in [-0.4, -0.2) is 33.2 Å². The predicted molar refractivity (Wildman–Crippen MR) is 93.9 cm³/mol. The molecule has 128 valence electrons. The zero-order chi connectivity index (χ0) is 15.3. The van der Waals surface area contributed by atoms with Crippen molar-refractivity contribution in [2.45, 2.75) is 55.1 Å². The van der Waals surface area contributed by atoms with Gasteiger partial charge in [0.25, 0.3) is 0 Å². The fourth-order valence-corrected chi connectivity index (χ4v) is 6.00. The molecule has 2 bridgehead atoms. The SMILES string of the molecule is Cl.O=S(=O)(NC1CC2CCC(C1)N2)c1cc(Br)cc2c1OCC2. The van der Waals surface area contributed by atoms with E-state index >= 15 is 0 Å². The molecule has 2 saturated heterocycles. The lowest BCUT2D eigenvalue weighted by Crippen LogP contribution is -2.47. The highest BCUT2D eigenvalue weighted by molar-refractivity contribution is 9.10. The molecule has 2 N–H and O–H groups in total. The molecule has 3 aliphatic rings. The number of halogens is 2. The molecule has 0 saturated carbocycles. The third-order valence-electron chi connectivity index (χ3n) is 4.80. The van der Waals surface area contributed by atoms with Crippen LogP contribution >= 0.6 is 28.3 Å². The number of fused-ring (bicyclic) bond motifs is 3. The molecule has 1 aromatic carbocycles. The van der Waals surface area contributed by atoms with Gasteiger partial charge < -0.3 is 10.1 Å². The fraction of sp³-hybridized carbons (Fsp3) is 0.600. The monoisotopic (exact) mass is 422 g/mol. The standard InChI is InChI=1S/C15H19BrN2O3S.ClH/c16-10-5-9-3-4-21-15(9)14(6-10)22(19,20)18-13-7-11-1-2-12(8-13)17-11;/h5-6,11-13,17-18H,1-4,7-8H2;1H. The average Bonchev–Trinajstić information content (AvgIpc) is 3.03. The maximum atomic E-state index is 12.8. The molecule has 2 unspecified atom stereocenters. The van der Waals surface area contributed by atoms with Gasteiger partial charge in [-0.1, -0.05) is 15.9 Å². The number of nitrogens with one attached hydrogen (secondary N) is 2. The molecule has 23 heavy (non-hydrogen) atoms. The van der Waals surface area contributed by atoms with Gasteiger partial charge in [-0.3, -0.25) is 0 Å². The average molecular weight is 424 g/mol. The van der Waals surface area contributed by atoms with Crippen LogP contribution in [0.2, 0.25) is 0 Å². The Labute approximate surface area is 151 Å². The van der Waals surface area contributed by atoms with E-state index in [0.717, 1.165) is 42.1 Å². The summed E-state index contributed by atoms with van der Waals surface area (Å²) in [5, 5.41) is 3.53. The summed E-state index contributed by atoms with van der Waals surface area (Å²) in [6.45, 7) is 0.547. The third kappa shape index (κ3) is 3.39. The lowest BCUT2D eigenvalue weighted by Gasteiger charge is -2.29. The smallest absolute Gasteiger partial charge is 0.244 e. The Bertz CT molecular complexity index is 701. The molecular formula is C15H20BrClN2O3S. The van der Waals surface area contributed by atoms with Crippen molar-refractivity contribution in [2.75, 3.05) is 6.61 Å². The van der Waals surface area contributed by atoms with Crippen LogP contribution in [0.25, 0.3) is 0 Å². The van der Waals surface area contributed by atoms with Gasteiger partial charge in [-0.15, -0.1) is 12.4 Å². The van der Waals surface area contributed by atoms with Gasteiger partial charge in [0.15, 0.2) is 0 Å². The van der Waals surface area contributed by atoms with Gasteiger partial charge in [0.1, 0.15) is 10.6 Å². The molecule has 8 heteroatoms. The van der Waals surface area contributed by atoms with Crippen molar-refractivity contribution in [1.29, 1.82) is 0 Å². The molecule has 3 heterocycles. The molecule has 0 radical (unpaired) electrons. The maximum Gasteiger partial charge on any atom is 0.244 e. The van der Waals surface area contributed by atoms with Crippen molar-refractivity contribution in [2.24, 2.45) is 0 Å². The van der Waals surface area contributed by atoms with E-state index in [1.807, 2.05) is 6.07 Å². The number of hydrogen-bond acceptors (Lipinski definition) is 4. The van der Waals surface area contributed by atoms with E-state index in [1.165, 1.54) is 0 Å². The van der Waals surface area contributed by atoms with Gasteiger partial charge in [-0.2, -0.15) is 0 Å². The minimum atomic E-state index is -3.56. The van der Waals surface area contributed by atoms with E-state index in [4.69, 9.17) is 4.74 Å². The lowest BCUT2D eigenvalue weighted by atomic mass is 10.0. The second-order valence-corrected chi connectivity index (χ2v) is 9.02. The summed E-state index contributed by atoms with van der Waals surface area (Å²) in [6, 6.07) is 4.50. The molecule has 2 atom stereocenters. The summed E-state index contributed by atoms with van der Waals surface area (Å²) < 4.78 is 34.9. The van der Waals surface area contributed by atoms with Crippen LogP contribution in [0.5, 0.6) is 5.75 Å². The first-order chi connectivity index (χ1) is 10.5. The molecule has 0 amide bonds. The van der Waals surface area contributed by atoms with Gasteiger partial charge in [0.05, 0.1) is 6.61 Å². The summed E-state index contributed by atoms with van der Waals surface area (Å²) in [5.41, 5.74) is 0.958. The molecular weight excluding hydrogens is 404 g/mol. The number of sulfonamides is 1. The van der Waals surface area contributed by atoms with Crippen molar-refractivity contribution in [3.05, 3.63) is 22.2 Å².